The van der Waals surface area contributed by atoms with E-state index in [1.165, 1.54) is 6.92 Å². The molecule has 0 bridgehead atoms. The molecule has 0 aliphatic heterocycles. The van der Waals surface area contributed by atoms with Crippen LogP contribution in [0, 0.1) is 0 Å². The van der Waals surface area contributed by atoms with Gasteiger partial charge in [0.25, 0.3) is 5.91 Å². The molecule has 1 amide bonds. The number of ketones is 1. The number of carbonyl (C=O) groups is 2. The fourth-order valence-electron chi connectivity index (χ4n) is 2.85. The highest BCUT2D eigenvalue weighted by atomic mass is 16.2. The van der Waals surface area contributed by atoms with E-state index < -0.39 is 0 Å². The van der Waals surface area contributed by atoms with Crippen LogP contribution in [-0.4, -0.2) is 26.9 Å². The molecular formula is C22H17N5O2. The first-order valence-electron chi connectivity index (χ1n) is 8.97. The number of benzene rings is 2. The Morgan fingerprint density at radius 1 is 0.862 bits per heavy atom. The molecule has 2 N–H and O–H groups in total. The van der Waals surface area contributed by atoms with Gasteiger partial charge < -0.3 is 10.6 Å². The lowest BCUT2D eigenvalue weighted by Crippen LogP contribution is -2.14. The lowest BCUT2D eigenvalue weighted by atomic mass is 10.1. The number of nitrogens with zero attached hydrogens (tertiary/aromatic N) is 3. The van der Waals surface area contributed by atoms with Crippen LogP contribution in [0.2, 0.25) is 0 Å². The maximum absolute atomic E-state index is 12.4. The molecule has 2 aromatic heterocycles. The molecule has 0 radical (unpaired) electrons. The molecule has 7 heteroatoms. The largest absolute Gasteiger partial charge is 0.337 e. The van der Waals surface area contributed by atoms with Crippen LogP contribution in [0.1, 0.15) is 27.8 Å². The average Bonchev–Trinajstić information content (AvgIpc) is 2.75. The Hall–Kier alpha value is -4.13. The van der Waals surface area contributed by atoms with E-state index in [1.807, 2.05) is 30.3 Å². The molecule has 2 aromatic carbocycles. The number of nitrogens with one attached hydrogen (secondary N) is 2. The zero-order valence-electron chi connectivity index (χ0n) is 15.6. The molecule has 0 fully saturated rings. The van der Waals surface area contributed by atoms with Crippen LogP contribution >= 0.6 is 0 Å². The first-order chi connectivity index (χ1) is 14.1. The van der Waals surface area contributed by atoms with Crippen LogP contribution < -0.4 is 10.6 Å². The summed E-state index contributed by atoms with van der Waals surface area (Å²) in [5, 5.41) is 15.0. The number of Topliss-reactive ketones (excluding diaryl/α,β-unsaturated/α-hetero) is 1. The quantitative estimate of drug-likeness (QED) is 0.501. The lowest BCUT2D eigenvalue weighted by Gasteiger charge is -2.08. The van der Waals surface area contributed by atoms with Crippen molar-refractivity contribution in [1.82, 2.24) is 15.2 Å². The van der Waals surface area contributed by atoms with Crippen LogP contribution in [0.25, 0.3) is 10.9 Å². The lowest BCUT2D eigenvalue weighted by molar-refractivity contribution is 0.101. The van der Waals surface area contributed by atoms with Gasteiger partial charge in [0, 0.05) is 22.8 Å². The molecule has 0 saturated carbocycles. The van der Waals surface area contributed by atoms with Crippen molar-refractivity contribution in [3.8, 4) is 0 Å². The molecule has 0 unspecified atom stereocenters. The Kier molecular flexibility index (Phi) is 4.94. The van der Waals surface area contributed by atoms with Crippen molar-refractivity contribution < 1.29 is 9.59 Å². The molecule has 0 aliphatic carbocycles. The maximum Gasteiger partial charge on any atom is 0.276 e. The number of pyridine rings is 1. The number of anilines is 3. The summed E-state index contributed by atoms with van der Waals surface area (Å²) in [7, 11) is 0. The highest BCUT2D eigenvalue weighted by Crippen LogP contribution is 2.23. The van der Waals surface area contributed by atoms with Gasteiger partial charge in [0.15, 0.2) is 17.3 Å². The van der Waals surface area contributed by atoms with Crippen molar-refractivity contribution >= 4 is 39.8 Å². The Balaban J connectivity index is 1.47. The van der Waals surface area contributed by atoms with E-state index in [9.17, 15) is 9.59 Å². The summed E-state index contributed by atoms with van der Waals surface area (Å²) in [5.41, 5.74) is 2.97. The first-order valence-corrected chi connectivity index (χ1v) is 8.97. The van der Waals surface area contributed by atoms with Gasteiger partial charge in [-0.25, -0.2) is 0 Å². The van der Waals surface area contributed by atoms with Crippen LogP contribution in [0.4, 0.5) is 17.2 Å². The van der Waals surface area contributed by atoms with Gasteiger partial charge in [0.2, 0.25) is 0 Å². The highest BCUT2D eigenvalue weighted by molar-refractivity contribution is 6.03. The van der Waals surface area contributed by atoms with E-state index >= 15 is 0 Å². The minimum absolute atomic E-state index is 0.0294. The van der Waals surface area contributed by atoms with Crippen LogP contribution in [0.5, 0.6) is 0 Å². The van der Waals surface area contributed by atoms with Crippen LogP contribution in [0.3, 0.4) is 0 Å². The third-order valence-corrected chi connectivity index (χ3v) is 4.34. The van der Waals surface area contributed by atoms with Gasteiger partial charge in [0.05, 0.1) is 11.2 Å². The standard InChI is InChI=1S/C22H17N5O2/c1-14(28)15-7-9-17(10-8-15)24-22(29)19-11-12-20(27-26-19)25-18-6-2-4-16-5-3-13-23-21(16)18/h2-13H,1H3,(H,24,29)(H,25,27). The number of carbonyl (C=O) groups excluding carboxylic acids is 2. The average molecular weight is 383 g/mol. The van der Waals surface area contributed by atoms with E-state index in [0.29, 0.717) is 17.1 Å². The van der Waals surface area contributed by atoms with Crippen molar-refractivity contribution in [3.05, 3.63) is 84.2 Å². The van der Waals surface area contributed by atoms with Crippen molar-refractivity contribution in [2.24, 2.45) is 0 Å². The molecule has 0 spiro atoms. The van der Waals surface area contributed by atoms with Crippen molar-refractivity contribution in [2.75, 3.05) is 10.6 Å². The molecule has 0 aliphatic rings. The van der Waals surface area contributed by atoms with Gasteiger partial charge in [0.1, 0.15) is 0 Å². The van der Waals surface area contributed by atoms with E-state index in [-0.39, 0.29) is 17.4 Å². The Bertz CT molecular complexity index is 1180. The van der Waals surface area contributed by atoms with Gasteiger partial charge in [-0.3, -0.25) is 14.6 Å². The second kappa shape index (κ2) is 7.85. The van der Waals surface area contributed by atoms with Gasteiger partial charge in [-0.2, -0.15) is 0 Å². The number of hydrogen-bond acceptors (Lipinski definition) is 6. The third-order valence-electron chi connectivity index (χ3n) is 4.34. The molecule has 0 saturated heterocycles. The third kappa shape index (κ3) is 4.08. The molecular weight excluding hydrogens is 366 g/mol. The van der Waals surface area contributed by atoms with E-state index in [4.69, 9.17) is 0 Å². The predicted molar refractivity (Wildman–Crippen MR) is 111 cm³/mol. The van der Waals surface area contributed by atoms with Crippen molar-refractivity contribution in [2.45, 2.75) is 6.92 Å². The predicted octanol–water partition coefficient (Wildman–Crippen LogP) is 4.22. The number of fused-ring (bicyclic) bond motifs is 1. The molecule has 0 atom stereocenters. The van der Waals surface area contributed by atoms with Gasteiger partial charge in [-0.1, -0.05) is 18.2 Å². The Morgan fingerprint density at radius 2 is 1.66 bits per heavy atom. The summed E-state index contributed by atoms with van der Waals surface area (Å²) in [4.78, 5) is 28.1. The van der Waals surface area contributed by atoms with E-state index in [0.717, 1.165) is 16.6 Å². The number of rotatable bonds is 5. The van der Waals surface area contributed by atoms with Crippen molar-refractivity contribution in [1.29, 1.82) is 0 Å². The van der Waals surface area contributed by atoms with Gasteiger partial charge in [-0.15, -0.1) is 10.2 Å². The summed E-state index contributed by atoms with van der Waals surface area (Å²) in [6, 6.07) is 19.6. The zero-order valence-corrected chi connectivity index (χ0v) is 15.6. The smallest absolute Gasteiger partial charge is 0.276 e. The number of hydrogen-bond donors (Lipinski definition) is 2. The summed E-state index contributed by atoms with van der Waals surface area (Å²) < 4.78 is 0. The molecule has 7 nitrogen and oxygen atoms in total. The number of amides is 1. The molecule has 4 rings (SSSR count). The zero-order chi connectivity index (χ0) is 20.2. The van der Waals surface area contributed by atoms with Crippen LogP contribution in [-0.2, 0) is 0 Å². The molecule has 4 aromatic rings. The monoisotopic (exact) mass is 383 g/mol. The molecule has 29 heavy (non-hydrogen) atoms. The number of aromatic nitrogens is 3. The second-order valence-electron chi connectivity index (χ2n) is 6.40. The molecule has 2 heterocycles. The Morgan fingerprint density at radius 3 is 2.38 bits per heavy atom. The van der Waals surface area contributed by atoms with Crippen molar-refractivity contribution in [3.63, 3.8) is 0 Å². The summed E-state index contributed by atoms with van der Waals surface area (Å²) in [6.45, 7) is 1.49. The highest BCUT2D eigenvalue weighted by Gasteiger charge is 2.10. The van der Waals surface area contributed by atoms with Gasteiger partial charge >= 0.3 is 0 Å². The normalized spacial score (nSPS) is 10.5. The fraction of sp³-hybridized carbons (Fsp3) is 0.0455. The van der Waals surface area contributed by atoms with E-state index in [1.54, 1.807) is 42.6 Å². The minimum Gasteiger partial charge on any atom is -0.337 e. The maximum atomic E-state index is 12.4. The summed E-state index contributed by atoms with van der Waals surface area (Å²) in [5.74, 6) is 0.0928. The SMILES string of the molecule is CC(=O)c1ccc(NC(=O)c2ccc(Nc3cccc4cccnc34)nn2)cc1. The molecule has 142 valence electrons. The number of para-hydroxylation sites is 1. The first kappa shape index (κ1) is 18.2. The Labute approximate surface area is 166 Å². The summed E-state index contributed by atoms with van der Waals surface area (Å²) >= 11 is 0. The second-order valence-corrected chi connectivity index (χ2v) is 6.40. The topological polar surface area (TPSA) is 96.9 Å². The van der Waals surface area contributed by atoms with E-state index in [2.05, 4.69) is 25.8 Å². The minimum atomic E-state index is -0.383. The van der Waals surface area contributed by atoms with Crippen LogP contribution in [0.15, 0.2) is 72.9 Å². The fourth-order valence-corrected chi connectivity index (χ4v) is 2.85. The van der Waals surface area contributed by atoms with Gasteiger partial charge in [-0.05, 0) is 55.5 Å². The summed E-state index contributed by atoms with van der Waals surface area (Å²) in [6.07, 6.45) is 1.73.